The number of fused-ring (bicyclic) bond motifs is 1. The number of hydrogen-bond donors (Lipinski definition) is 2. The number of hydrogen-bond acceptors (Lipinski definition) is 4. The van der Waals surface area contributed by atoms with E-state index in [-0.39, 0.29) is 11.6 Å². The molecule has 7 nitrogen and oxygen atoms in total. The highest BCUT2D eigenvalue weighted by Crippen LogP contribution is 2.22. The molecule has 148 valence electrons. The molecule has 30 heavy (non-hydrogen) atoms. The maximum Gasteiger partial charge on any atom is 0.270 e. The Morgan fingerprint density at radius 1 is 1.07 bits per heavy atom. The number of rotatable bonds is 5. The second-order valence-electron chi connectivity index (χ2n) is 6.48. The SMILES string of the molecule is O=C(N/C(=C\c1cccc([N+](=O)[O-])c1)c1nc2ccc(Cl)cc2[nH]1)c1ccccc1. The molecule has 0 aliphatic carbocycles. The molecule has 0 unspecified atom stereocenters. The average Bonchev–Trinajstić information content (AvgIpc) is 3.17. The molecule has 4 aromatic rings. The Morgan fingerprint density at radius 2 is 1.87 bits per heavy atom. The molecule has 0 spiro atoms. The van der Waals surface area contributed by atoms with Crippen LogP contribution in [-0.4, -0.2) is 20.8 Å². The van der Waals surface area contributed by atoms with Crippen LogP contribution in [0.25, 0.3) is 22.8 Å². The first-order chi connectivity index (χ1) is 14.5. The van der Waals surface area contributed by atoms with Gasteiger partial charge in [0, 0.05) is 22.7 Å². The molecule has 0 aliphatic heterocycles. The summed E-state index contributed by atoms with van der Waals surface area (Å²) in [5.41, 5.74) is 2.72. The lowest BCUT2D eigenvalue weighted by molar-refractivity contribution is -0.384. The van der Waals surface area contributed by atoms with Crippen LogP contribution in [0.1, 0.15) is 21.7 Å². The van der Waals surface area contributed by atoms with Gasteiger partial charge in [-0.05, 0) is 42.0 Å². The quantitative estimate of drug-likeness (QED) is 0.349. The van der Waals surface area contributed by atoms with Gasteiger partial charge in [-0.3, -0.25) is 14.9 Å². The Labute approximate surface area is 176 Å². The zero-order valence-corrected chi connectivity index (χ0v) is 16.3. The van der Waals surface area contributed by atoms with Crippen molar-refractivity contribution < 1.29 is 9.72 Å². The summed E-state index contributed by atoms with van der Waals surface area (Å²) in [6.45, 7) is 0. The Kier molecular flexibility index (Phi) is 5.28. The van der Waals surface area contributed by atoms with Crippen molar-refractivity contribution in [1.29, 1.82) is 0 Å². The van der Waals surface area contributed by atoms with Crippen molar-refractivity contribution in [3.8, 4) is 0 Å². The van der Waals surface area contributed by atoms with Gasteiger partial charge in [0.1, 0.15) is 0 Å². The summed E-state index contributed by atoms with van der Waals surface area (Å²) in [6.07, 6.45) is 1.63. The fraction of sp³-hybridized carbons (Fsp3) is 0. The highest BCUT2D eigenvalue weighted by atomic mass is 35.5. The number of nitrogens with one attached hydrogen (secondary N) is 2. The molecule has 0 radical (unpaired) electrons. The number of nitro benzene ring substituents is 1. The van der Waals surface area contributed by atoms with Gasteiger partial charge in [-0.2, -0.15) is 0 Å². The molecule has 0 saturated heterocycles. The van der Waals surface area contributed by atoms with Gasteiger partial charge in [0.15, 0.2) is 5.82 Å². The number of H-pyrrole nitrogens is 1. The molecule has 3 aromatic carbocycles. The zero-order valence-electron chi connectivity index (χ0n) is 15.5. The van der Waals surface area contributed by atoms with Gasteiger partial charge in [-0.25, -0.2) is 4.98 Å². The van der Waals surface area contributed by atoms with Gasteiger partial charge in [0.05, 0.1) is 21.7 Å². The number of halogens is 1. The minimum atomic E-state index is -0.469. The average molecular weight is 419 g/mol. The highest BCUT2D eigenvalue weighted by Gasteiger charge is 2.14. The third kappa shape index (κ3) is 4.21. The van der Waals surface area contributed by atoms with Crippen molar-refractivity contribution in [3.63, 3.8) is 0 Å². The number of carbonyl (C=O) groups excluding carboxylic acids is 1. The molecule has 0 bridgehead atoms. The normalized spacial score (nSPS) is 11.4. The molecule has 1 amide bonds. The summed E-state index contributed by atoms with van der Waals surface area (Å²) in [7, 11) is 0. The summed E-state index contributed by atoms with van der Waals surface area (Å²) in [5, 5.41) is 14.5. The van der Waals surface area contributed by atoms with Gasteiger partial charge in [-0.1, -0.05) is 41.9 Å². The van der Waals surface area contributed by atoms with E-state index in [2.05, 4.69) is 15.3 Å². The fourth-order valence-corrected chi connectivity index (χ4v) is 3.12. The molecule has 0 atom stereocenters. The smallest absolute Gasteiger partial charge is 0.270 e. The zero-order chi connectivity index (χ0) is 21.1. The van der Waals surface area contributed by atoms with E-state index in [0.717, 1.165) is 0 Å². The number of aromatic amines is 1. The van der Waals surface area contributed by atoms with Crippen LogP contribution in [0.15, 0.2) is 72.8 Å². The van der Waals surface area contributed by atoms with Crippen LogP contribution >= 0.6 is 11.6 Å². The molecule has 1 aromatic heterocycles. The van der Waals surface area contributed by atoms with Crippen LogP contribution < -0.4 is 5.32 Å². The van der Waals surface area contributed by atoms with E-state index in [9.17, 15) is 14.9 Å². The van der Waals surface area contributed by atoms with Crippen LogP contribution in [0.2, 0.25) is 5.02 Å². The summed E-state index contributed by atoms with van der Waals surface area (Å²) in [4.78, 5) is 31.0. The van der Waals surface area contributed by atoms with Crippen molar-refractivity contribution in [1.82, 2.24) is 15.3 Å². The number of imidazole rings is 1. The first-order valence-corrected chi connectivity index (χ1v) is 9.35. The van der Waals surface area contributed by atoms with Crippen LogP contribution in [0.4, 0.5) is 5.69 Å². The third-order valence-corrected chi connectivity index (χ3v) is 4.61. The molecule has 1 heterocycles. The monoisotopic (exact) mass is 418 g/mol. The predicted molar refractivity (Wildman–Crippen MR) is 116 cm³/mol. The van der Waals surface area contributed by atoms with Crippen molar-refractivity contribution in [3.05, 3.63) is 105 Å². The second-order valence-corrected chi connectivity index (χ2v) is 6.91. The van der Waals surface area contributed by atoms with Crippen LogP contribution in [0, 0.1) is 10.1 Å². The molecule has 2 N–H and O–H groups in total. The van der Waals surface area contributed by atoms with Crippen LogP contribution in [0.5, 0.6) is 0 Å². The fourth-order valence-electron chi connectivity index (χ4n) is 2.95. The first-order valence-electron chi connectivity index (χ1n) is 8.98. The van der Waals surface area contributed by atoms with E-state index >= 15 is 0 Å². The van der Waals surface area contributed by atoms with Gasteiger partial charge in [0.25, 0.3) is 11.6 Å². The van der Waals surface area contributed by atoms with Crippen molar-refractivity contribution in [2.45, 2.75) is 0 Å². The minimum Gasteiger partial charge on any atom is -0.337 e. The first kappa shape index (κ1) is 19.4. The summed E-state index contributed by atoms with van der Waals surface area (Å²) in [5.74, 6) is 0.0776. The maximum atomic E-state index is 12.7. The number of non-ortho nitro benzene ring substituents is 1. The maximum absolute atomic E-state index is 12.7. The number of carbonyl (C=O) groups is 1. The largest absolute Gasteiger partial charge is 0.337 e. The van der Waals surface area contributed by atoms with Gasteiger partial charge >= 0.3 is 0 Å². The van der Waals surface area contributed by atoms with Gasteiger partial charge < -0.3 is 10.3 Å². The Hall–Kier alpha value is -3.97. The standard InChI is InChI=1S/C22H15ClN4O3/c23-16-9-10-18-19(13-16)25-21(24-18)20(26-22(28)15-6-2-1-3-7-15)12-14-5-4-8-17(11-14)27(29)30/h1-13H,(H,24,25)(H,26,28)/b20-12-. The number of nitro groups is 1. The summed E-state index contributed by atoms with van der Waals surface area (Å²) >= 11 is 6.05. The van der Waals surface area contributed by atoms with E-state index in [1.807, 2.05) is 6.07 Å². The molecule has 0 aliphatic rings. The molecule has 8 heteroatoms. The highest BCUT2D eigenvalue weighted by molar-refractivity contribution is 6.31. The lowest BCUT2D eigenvalue weighted by Crippen LogP contribution is -2.22. The number of nitrogens with zero attached hydrogens (tertiary/aromatic N) is 2. The number of benzene rings is 3. The predicted octanol–water partition coefficient (Wildman–Crippen LogP) is 5.05. The van der Waals surface area contributed by atoms with Gasteiger partial charge in [-0.15, -0.1) is 0 Å². The topological polar surface area (TPSA) is 101 Å². The van der Waals surface area contributed by atoms with Crippen molar-refractivity contribution >= 4 is 46.0 Å². The van der Waals surface area contributed by atoms with Crippen LogP contribution in [0.3, 0.4) is 0 Å². The Balaban J connectivity index is 1.78. The summed E-state index contributed by atoms with van der Waals surface area (Å²) < 4.78 is 0. The second kappa shape index (κ2) is 8.18. The molecular formula is C22H15ClN4O3. The van der Waals surface area contributed by atoms with E-state index in [1.54, 1.807) is 60.7 Å². The van der Waals surface area contributed by atoms with E-state index < -0.39 is 4.92 Å². The lowest BCUT2D eigenvalue weighted by Gasteiger charge is -2.08. The van der Waals surface area contributed by atoms with Crippen molar-refractivity contribution in [2.24, 2.45) is 0 Å². The van der Waals surface area contributed by atoms with Crippen molar-refractivity contribution in [2.75, 3.05) is 0 Å². The molecular weight excluding hydrogens is 404 g/mol. The van der Waals surface area contributed by atoms with E-state index in [0.29, 0.717) is 38.7 Å². The Bertz CT molecular complexity index is 1280. The minimum absolute atomic E-state index is 0.0473. The van der Waals surface area contributed by atoms with Gasteiger partial charge in [0.2, 0.25) is 0 Å². The van der Waals surface area contributed by atoms with Crippen LogP contribution in [-0.2, 0) is 0 Å². The number of aromatic nitrogens is 2. The molecule has 0 fully saturated rings. The lowest BCUT2D eigenvalue weighted by atomic mass is 10.1. The third-order valence-electron chi connectivity index (χ3n) is 4.38. The number of amides is 1. The van der Waals surface area contributed by atoms with E-state index in [4.69, 9.17) is 11.6 Å². The summed E-state index contributed by atoms with van der Waals surface area (Å²) in [6, 6.07) is 20.1. The Morgan fingerprint density at radius 3 is 2.63 bits per heavy atom. The van der Waals surface area contributed by atoms with E-state index in [1.165, 1.54) is 12.1 Å². The molecule has 4 rings (SSSR count). The molecule has 0 saturated carbocycles.